The molecule has 1 aliphatic rings. The molecule has 0 saturated heterocycles. The lowest BCUT2D eigenvalue weighted by molar-refractivity contribution is 0.247. The number of amides is 2. The molecule has 0 atom stereocenters. The van der Waals surface area contributed by atoms with Gasteiger partial charge in [-0.1, -0.05) is 51.3 Å². The SMILES string of the molecule is O=C(NC/C=C1\CCCc2cnn(-c3cccc(Br)c3)c21)NS(=O)(=O)c1cc(Cl)c(Cl)s1. The molecule has 1 aromatic carbocycles. The van der Waals surface area contributed by atoms with Gasteiger partial charge < -0.3 is 5.32 Å². The fourth-order valence-corrected chi connectivity index (χ4v) is 6.63. The monoisotopic (exact) mass is 574 g/mol. The number of benzene rings is 1. The number of hydrogen-bond donors (Lipinski definition) is 2. The molecule has 1 aliphatic carbocycles. The maximum Gasteiger partial charge on any atom is 0.328 e. The summed E-state index contributed by atoms with van der Waals surface area (Å²) < 4.78 is 29.5. The van der Waals surface area contributed by atoms with E-state index in [-0.39, 0.29) is 20.1 Å². The van der Waals surface area contributed by atoms with E-state index in [1.165, 1.54) is 6.07 Å². The summed E-state index contributed by atoms with van der Waals surface area (Å²) in [5, 5.41) is 7.24. The first-order valence-corrected chi connectivity index (χ1v) is 13.4. The second-order valence-corrected chi connectivity index (χ2v) is 11.9. The predicted molar refractivity (Wildman–Crippen MR) is 130 cm³/mol. The van der Waals surface area contributed by atoms with Gasteiger partial charge in [0.1, 0.15) is 8.55 Å². The molecule has 2 heterocycles. The number of rotatable bonds is 5. The Balaban J connectivity index is 1.47. The lowest BCUT2D eigenvalue weighted by Gasteiger charge is -2.18. The first-order valence-electron chi connectivity index (χ1n) is 9.52. The van der Waals surface area contributed by atoms with E-state index < -0.39 is 16.1 Å². The predicted octanol–water partition coefficient (Wildman–Crippen LogP) is 5.41. The Morgan fingerprint density at radius 1 is 1.28 bits per heavy atom. The third-order valence-corrected chi connectivity index (χ3v) is 8.98. The van der Waals surface area contributed by atoms with Crippen molar-refractivity contribution < 1.29 is 13.2 Å². The van der Waals surface area contributed by atoms with Gasteiger partial charge in [-0.3, -0.25) is 0 Å². The number of carbonyl (C=O) groups excluding carboxylic acids is 1. The Morgan fingerprint density at radius 3 is 2.81 bits per heavy atom. The van der Waals surface area contributed by atoms with Crippen LogP contribution >= 0.6 is 50.5 Å². The van der Waals surface area contributed by atoms with Crippen LogP contribution in [-0.4, -0.2) is 30.8 Å². The van der Waals surface area contributed by atoms with Crippen LogP contribution in [0.3, 0.4) is 0 Å². The van der Waals surface area contributed by atoms with Gasteiger partial charge in [0, 0.05) is 11.0 Å². The molecule has 0 radical (unpaired) electrons. The van der Waals surface area contributed by atoms with E-state index in [1.54, 1.807) is 0 Å². The van der Waals surface area contributed by atoms with E-state index in [1.807, 2.05) is 45.9 Å². The summed E-state index contributed by atoms with van der Waals surface area (Å²) in [5.74, 6) is 0. The Hall–Kier alpha value is -1.85. The molecule has 4 rings (SSSR count). The quantitative estimate of drug-likeness (QED) is 0.425. The smallest absolute Gasteiger partial charge is 0.328 e. The van der Waals surface area contributed by atoms with Crippen molar-refractivity contribution in [3.05, 3.63) is 67.7 Å². The van der Waals surface area contributed by atoms with Crippen LogP contribution in [0.1, 0.15) is 24.1 Å². The van der Waals surface area contributed by atoms with Crippen LogP contribution in [-0.2, 0) is 16.4 Å². The number of hydrogen-bond acceptors (Lipinski definition) is 5. The van der Waals surface area contributed by atoms with Crippen LogP contribution in [0.15, 0.2) is 51.3 Å². The fraction of sp³-hybridized carbons (Fsp3) is 0.200. The van der Waals surface area contributed by atoms with Crippen LogP contribution < -0.4 is 10.0 Å². The van der Waals surface area contributed by atoms with Gasteiger partial charge in [0.15, 0.2) is 0 Å². The molecule has 0 aliphatic heterocycles. The minimum absolute atomic E-state index is 0.123. The summed E-state index contributed by atoms with van der Waals surface area (Å²) in [6.45, 7) is 0.158. The molecule has 0 unspecified atom stereocenters. The third kappa shape index (κ3) is 5.04. The largest absolute Gasteiger partial charge is 0.334 e. The Morgan fingerprint density at radius 2 is 2.09 bits per heavy atom. The topological polar surface area (TPSA) is 93.1 Å². The number of halogens is 3. The molecule has 168 valence electrons. The molecule has 0 fully saturated rings. The van der Waals surface area contributed by atoms with Gasteiger partial charge in [-0.05, 0) is 54.7 Å². The van der Waals surface area contributed by atoms with Gasteiger partial charge in [-0.15, -0.1) is 11.3 Å². The van der Waals surface area contributed by atoms with Gasteiger partial charge in [0.2, 0.25) is 0 Å². The summed E-state index contributed by atoms with van der Waals surface area (Å²) >= 11 is 15.9. The van der Waals surface area contributed by atoms with Crippen molar-refractivity contribution in [2.24, 2.45) is 0 Å². The summed E-state index contributed by atoms with van der Waals surface area (Å²) in [6.07, 6.45) is 6.50. The molecule has 2 amide bonds. The van der Waals surface area contributed by atoms with E-state index in [4.69, 9.17) is 23.2 Å². The number of sulfonamides is 1. The Bertz CT molecular complexity index is 1300. The molecular formula is C20H17BrCl2N4O3S2. The van der Waals surface area contributed by atoms with Gasteiger partial charge in [0.25, 0.3) is 10.0 Å². The van der Waals surface area contributed by atoms with Crippen LogP contribution in [0, 0.1) is 0 Å². The molecule has 0 spiro atoms. The molecule has 3 aromatic rings. The molecular weight excluding hydrogens is 559 g/mol. The second kappa shape index (κ2) is 9.56. The maximum atomic E-state index is 12.3. The van der Waals surface area contributed by atoms with E-state index in [0.29, 0.717) is 0 Å². The number of allylic oxidation sites excluding steroid dienone is 1. The van der Waals surface area contributed by atoms with Crippen LogP contribution in [0.25, 0.3) is 11.3 Å². The van der Waals surface area contributed by atoms with Gasteiger partial charge in [-0.25, -0.2) is 22.6 Å². The van der Waals surface area contributed by atoms with Gasteiger partial charge >= 0.3 is 6.03 Å². The zero-order valence-electron chi connectivity index (χ0n) is 16.4. The summed E-state index contributed by atoms with van der Waals surface area (Å²) in [4.78, 5) is 12.2. The van der Waals surface area contributed by atoms with Crippen molar-refractivity contribution in [2.45, 2.75) is 23.5 Å². The second-order valence-electron chi connectivity index (χ2n) is 7.00. The number of aromatic nitrogens is 2. The van der Waals surface area contributed by atoms with Crippen LogP contribution in [0.5, 0.6) is 0 Å². The van der Waals surface area contributed by atoms with E-state index in [0.717, 1.165) is 57.6 Å². The first-order chi connectivity index (χ1) is 15.2. The molecule has 0 saturated carbocycles. The average Bonchev–Trinajstić information content (AvgIpc) is 3.32. The number of fused-ring (bicyclic) bond motifs is 1. The number of carbonyl (C=O) groups is 1. The van der Waals surface area contributed by atoms with E-state index in [9.17, 15) is 13.2 Å². The van der Waals surface area contributed by atoms with E-state index in [2.05, 4.69) is 26.3 Å². The number of thiophene rings is 1. The van der Waals surface area contributed by atoms with Crippen LogP contribution in [0.2, 0.25) is 9.36 Å². The Labute approximate surface area is 207 Å². The number of aryl methyl sites for hydroxylation is 1. The minimum Gasteiger partial charge on any atom is -0.334 e. The highest BCUT2D eigenvalue weighted by atomic mass is 79.9. The summed E-state index contributed by atoms with van der Waals surface area (Å²) in [5.41, 5.74) is 4.12. The maximum absolute atomic E-state index is 12.3. The molecule has 7 nitrogen and oxygen atoms in total. The Kier molecular flexibility index (Phi) is 6.97. The lowest BCUT2D eigenvalue weighted by atomic mass is 9.92. The highest BCUT2D eigenvalue weighted by molar-refractivity contribution is 9.10. The molecule has 0 bridgehead atoms. The molecule has 2 aromatic heterocycles. The summed E-state index contributed by atoms with van der Waals surface area (Å²) in [6, 6.07) is 8.23. The van der Waals surface area contributed by atoms with Crippen molar-refractivity contribution in [1.29, 1.82) is 0 Å². The zero-order valence-corrected chi connectivity index (χ0v) is 21.2. The fourth-order valence-electron chi connectivity index (χ4n) is 3.43. The molecule has 2 N–H and O–H groups in total. The molecule has 12 heteroatoms. The third-order valence-electron chi connectivity index (χ3n) is 4.82. The average molecular weight is 576 g/mol. The normalized spacial score (nSPS) is 14.9. The highest BCUT2D eigenvalue weighted by Gasteiger charge is 2.23. The zero-order chi connectivity index (χ0) is 22.9. The van der Waals surface area contributed by atoms with Crippen molar-refractivity contribution in [2.75, 3.05) is 6.54 Å². The van der Waals surface area contributed by atoms with Gasteiger partial charge in [0.05, 0.1) is 22.6 Å². The lowest BCUT2D eigenvalue weighted by Crippen LogP contribution is -2.39. The highest BCUT2D eigenvalue weighted by Crippen LogP contribution is 2.34. The number of urea groups is 1. The van der Waals surface area contributed by atoms with Crippen molar-refractivity contribution in [3.8, 4) is 5.69 Å². The standard InChI is InChI=1S/C20H17BrCl2N4O3S2/c21-14-5-2-6-15(9-14)27-18-12(3-1-4-13(18)11-25-27)7-8-24-20(28)26-32(29,30)17-10-16(22)19(23)31-17/h2,5-7,9-11H,1,3-4,8H2,(H2,24,26,28)/b12-7+. The number of nitrogens with zero attached hydrogens (tertiary/aromatic N) is 2. The van der Waals surface area contributed by atoms with Crippen molar-refractivity contribution in [3.63, 3.8) is 0 Å². The van der Waals surface area contributed by atoms with Crippen molar-refractivity contribution in [1.82, 2.24) is 19.8 Å². The van der Waals surface area contributed by atoms with Crippen molar-refractivity contribution >= 4 is 72.1 Å². The van der Waals surface area contributed by atoms with Gasteiger partial charge in [-0.2, -0.15) is 5.10 Å². The van der Waals surface area contributed by atoms with Crippen LogP contribution in [0.4, 0.5) is 4.79 Å². The first kappa shape index (κ1) is 23.3. The number of nitrogens with one attached hydrogen (secondary N) is 2. The molecule has 32 heavy (non-hydrogen) atoms. The minimum atomic E-state index is -4.05. The van der Waals surface area contributed by atoms with E-state index >= 15 is 0 Å². The summed E-state index contributed by atoms with van der Waals surface area (Å²) in [7, 11) is -4.05.